The van der Waals surface area contributed by atoms with Crippen LogP contribution in [0, 0.1) is 10.1 Å². The highest BCUT2D eigenvalue weighted by Gasteiger charge is 2.36. The fraction of sp³-hybridized carbons (Fsp3) is 0.111. The van der Waals surface area contributed by atoms with Crippen LogP contribution in [0.15, 0.2) is 21.6 Å². The van der Waals surface area contributed by atoms with Gasteiger partial charge in [0.1, 0.15) is 5.56 Å². The van der Waals surface area contributed by atoms with E-state index in [0.29, 0.717) is 12.1 Å². The lowest BCUT2D eigenvalue weighted by molar-refractivity contribution is -0.385. The average molecular weight is 355 g/mol. The van der Waals surface area contributed by atoms with E-state index in [9.17, 15) is 28.1 Å². The first kappa shape index (κ1) is 15.9. The van der Waals surface area contributed by atoms with Crippen molar-refractivity contribution in [1.29, 1.82) is 0 Å². The number of guanidine groups is 1. The highest BCUT2D eigenvalue weighted by atomic mass is 79.9. The lowest BCUT2D eigenvalue weighted by atomic mass is 10.1. The molecule has 1 rings (SSSR count). The Morgan fingerprint density at radius 3 is 2.30 bits per heavy atom. The number of amides is 1. The molecule has 0 fully saturated rings. The number of nitro groups is 1. The lowest BCUT2D eigenvalue weighted by Gasteiger charge is -2.10. The third kappa shape index (κ3) is 3.44. The van der Waals surface area contributed by atoms with Gasteiger partial charge in [0.2, 0.25) is 0 Å². The minimum atomic E-state index is -4.80. The molecule has 0 aromatic heterocycles. The molecule has 7 nitrogen and oxygen atoms in total. The molecular formula is C9H6BrF3N4O3. The number of carbonyl (C=O) groups excluding carboxylic acids is 1. The standard InChI is InChI=1S/C9H6BrF3N4O3/c10-5-2-6(17(19)20)3(7(18)16-8(14)15)1-4(5)9(11,12)13/h1-2H,(H4,14,15,16,18). The number of nitrogens with zero attached hydrogens (tertiary/aromatic N) is 2. The first-order valence-electron chi connectivity index (χ1n) is 4.73. The van der Waals surface area contributed by atoms with Crippen LogP contribution in [0.2, 0.25) is 0 Å². The molecule has 0 bridgehead atoms. The lowest BCUT2D eigenvalue weighted by Crippen LogP contribution is -2.24. The van der Waals surface area contributed by atoms with Crippen LogP contribution in [0.4, 0.5) is 18.9 Å². The molecule has 1 aromatic carbocycles. The number of nitro benzene ring substituents is 1. The van der Waals surface area contributed by atoms with Crippen LogP contribution in [0.1, 0.15) is 15.9 Å². The average Bonchev–Trinajstić information content (AvgIpc) is 2.25. The fourth-order valence-corrected chi connectivity index (χ4v) is 1.84. The van der Waals surface area contributed by atoms with Crippen molar-refractivity contribution in [2.45, 2.75) is 6.18 Å². The van der Waals surface area contributed by atoms with Crippen LogP contribution in [-0.4, -0.2) is 16.8 Å². The van der Waals surface area contributed by atoms with Crippen molar-refractivity contribution >= 4 is 33.5 Å². The van der Waals surface area contributed by atoms with Crippen molar-refractivity contribution < 1.29 is 22.9 Å². The van der Waals surface area contributed by atoms with Crippen molar-refractivity contribution in [2.24, 2.45) is 16.5 Å². The highest BCUT2D eigenvalue weighted by molar-refractivity contribution is 9.10. The SMILES string of the molecule is NC(N)=NC(=O)c1cc(C(F)(F)F)c(Br)cc1[N+](=O)[O-]. The van der Waals surface area contributed by atoms with Crippen LogP contribution < -0.4 is 11.5 Å². The zero-order valence-corrected chi connectivity index (χ0v) is 11.0. The third-order valence-electron chi connectivity index (χ3n) is 2.05. The van der Waals surface area contributed by atoms with Crippen LogP contribution in [-0.2, 0) is 6.18 Å². The van der Waals surface area contributed by atoms with Gasteiger partial charge in [0.25, 0.3) is 11.6 Å². The molecule has 0 saturated heterocycles. The summed E-state index contributed by atoms with van der Waals surface area (Å²) in [5.74, 6) is -2.06. The number of alkyl halides is 3. The Kier molecular flexibility index (Phi) is 4.33. The molecule has 0 spiro atoms. The van der Waals surface area contributed by atoms with Gasteiger partial charge < -0.3 is 11.5 Å². The quantitative estimate of drug-likeness (QED) is 0.362. The smallest absolute Gasteiger partial charge is 0.370 e. The number of rotatable bonds is 2. The van der Waals surface area contributed by atoms with E-state index < -0.39 is 44.3 Å². The summed E-state index contributed by atoms with van der Waals surface area (Å²) in [6.07, 6.45) is -4.80. The zero-order chi connectivity index (χ0) is 15.7. The summed E-state index contributed by atoms with van der Waals surface area (Å²) >= 11 is 2.56. The van der Waals surface area contributed by atoms with E-state index in [1.807, 2.05) is 0 Å². The molecule has 0 aliphatic carbocycles. The molecule has 0 heterocycles. The van der Waals surface area contributed by atoms with E-state index >= 15 is 0 Å². The van der Waals surface area contributed by atoms with Gasteiger partial charge in [0, 0.05) is 10.5 Å². The van der Waals surface area contributed by atoms with Gasteiger partial charge in [0.05, 0.1) is 10.5 Å². The maximum absolute atomic E-state index is 12.7. The summed E-state index contributed by atoms with van der Waals surface area (Å²) in [6.45, 7) is 0. The summed E-state index contributed by atoms with van der Waals surface area (Å²) in [6, 6.07) is 0.884. The van der Waals surface area contributed by atoms with E-state index in [-0.39, 0.29) is 0 Å². The molecule has 20 heavy (non-hydrogen) atoms. The highest BCUT2D eigenvalue weighted by Crippen LogP contribution is 2.38. The first-order chi connectivity index (χ1) is 9.04. The van der Waals surface area contributed by atoms with Gasteiger partial charge in [-0.3, -0.25) is 14.9 Å². The normalized spacial score (nSPS) is 11.0. The Hall–Kier alpha value is -2.17. The zero-order valence-electron chi connectivity index (χ0n) is 9.44. The van der Waals surface area contributed by atoms with E-state index in [1.165, 1.54) is 0 Å². The first-order valence-corrected chi connectivity index (χ1v) is 5.52. The molecule has 0 aliphatic heterocycles. The molecule has 11 heteroatoms. The number of carbonyl (C=O) groups is 1. The summed E-state index contributed by atoms with van der Waals surface area (Å²) in [7, 11) is 0. The van der Waals surface area contributed by atoms with Crippen LogP contribution in [0.25, 0.3) is 0 Å². The van der Waals surface area contributed by atoms with Crippen molar-refractivity contribution in [2.75, 3.05) is 0 Å². The van der Waals surface area contributed by atoms with Gasteiger partial charge in [-0.15, -0.1) is 0 Å². The Morgan fingerprint density at radius 1 is 1.35 bits per heavy atom. The van der Waals surface area contributed by atoms with E-state index in [2.05, 4.69) is 20.9 Å². The Bertz CT molecular complexity index is 611. The Morgan fingerprint density at radius 2 is 1.90 bits per heavy atom. The number of hydrogen-bond donors (Lipinski definition) is 2. The molecule has 0 atom stereocenters. The van der Waals surface area contributed by atoms with Crippen LogP contribution >= 0.6 is 15.9 Å². The molecule has 4 N–H and O–H groups in total. The summed E-state index contributed by atoms with van der Waals surface area (Å²) in [5.41, 5.74) is 6.87. The molecule has 1 amide bonds. The van der Waals surface area contributed by atoms with Gasteiger partial charge in [0.15, 0.2) is 5.96 Å². The molecule has 0 aliphatic rings. The van der Waals surface area contributed by atoms with E-state index in [1.54, 1.807) is 0 Å². The van der Waals surface area contributed by atoms with Gasteiger partial charge in [-0.25, -0.2) is 0 Å². The van der Waals surface area contributed by atoms with E-state index in [4.69, 9.17) is 11.5 Å². The summed E-state index contributed by atoms with van der Waals surface area (Å²) in [4.78, 5) is 24.3. The number of nitrogens with two attached hydrogens (primary N) is 2. The molecule has 108 valence electrons. The number of benzene rings is 1. The van der Waals surface area contributed by atoms with Crippen molar-refractivity contribution in [1.82, 2.24) is 0 Å². The Labute approximate surface area is 117 Å². The molecule has 0 unspecified atom stereocenters. The van der Waals surface area contributed by atoms with Crippen LogP contribution in [0.5, 0.6) is 0 Å². The summed E-state index contributed by atoms with van der Waals surface area (Å²) in [5, 5.41) is 10.8. The van der Waals surface area contributed by atoms with Gasteiger partial charge in [-0.1, -0.05) is 0 Å². The monoisotopic (exact) mass is 354 g/mol. The Balaban J connectivity index is 3.59. The predicted molar refractivity (Wildman–Crippen MR) is 65.9 cm³/mol. The third-order valence-corrected chi connectivity index (χ3v) is 2.70. The van der Waals surface area contributed by atoms with Crippen molar-refractivity contribution in [3.05, 3.63) is 37.8 Å². The maximum Gasteiger partial charge on any atom is 0.417 e. The molecule has 0 radical (unpaired) electrons. The van der Waals surface area contributed by atoms with Gasteiger partial charge in [-0.05, 0) is 22.0 Å². The fourth-order valence-electron chi connectivity index (χ4n) is 1.28. The number of hydrogen-bond acceptors (Lipinski definition) is 3. The van der Waals surface area contributed by atoms with Crippen molar-refractivity contribution in [3.63, 3.8) is 0 Å². The topological polar surface area (TPSA) is 125 Å². The molecular weight excluding hydrogens is 349 g/mol. The van der Waals surface area contributed by atoms with Crippen molar-refractivity contribution in [3.8, 4) is 0 Å². The van der Waals surface area contributed by atoms with Gasteiger partial charge >= 0.3 is 6.18 Å². The minimum Gasteiger partial charge on any atom is -0.370 e. The van der Waals surface area contributed by atoms with E-state index in [0.717, 1.165) is 0 Å². The molecule has 0 saturated carbocycles. The second-order valence-electron chi connectivity index (χ2n) is 3.45. The second kappa shape index (κ2) is 5.45. The maximum atomic E-state index is 12.7. The summed E-state index contributed by atoms with van der Waals surface area (Å²) < 4.78 is 37.5. The molecule has 1 aromatic rings. The van der Waals surface area contributed by atoms with Gasteiger partial charge in [-0.2, -0.15) is 18.2 Å². The van der Waals surface area contributed by atoms with Crippen LogP contribution in [0.3, 0.4) is 0 Å². The second-order valence-corrected chi connectivity index (χ2v) is 4.30. The largest absolute Gasteiger partial charge is 0.417 e. The number of aliphatic imine (C=N–C) groups is 1. The number of halogens is 4. The predicted octanol–water partition coefficient (Wildman–Crippen LogP) is 1.79. The minimum absolute atomic E-state index is 0.316.